The normalized spacial score (nSPS) is 18.6. The van der Waals surface area contributed by atoms with Gasteiger partial charge in [-0.1, -0.05) is 12.1 Å². The third-order valence-corrected chi connectivity index (χ3v) is 7.27. The number of alkyl halides is 3. The zero-order valence-corrected chi connectivity index (χ0v) is 19.7. The predicted molar refractivity (Wildman–Crippen MR) is 112 cm³/mol. The van der Waals surface area contributed by atoms with E-state index >= 15 is 0 Å². The summed E-state index contributed by atoms with van der Waals surface area (Å²) < 4.78 is 72.5. The van der Waals surface area contributed by atoms with Crippen LogP contribution in [0.2, 0.25) is 0 Å². The van der Waals surface area contributed by atoms with Crippen molar-refractivity contribution in [2.45, 2.75) is 44.4 Å². The highest BCUT2D eigenvalue weighted by Gasteiger charge is 2.40. The Morgan fingerprint density at radius 2 is 1.80 bits per heavy atom. The Kier molecular flexibility index (Phi) is 8.35. The van der Waals surface area contributed by atoms with Gasteiger partial charge in [-0.15, -0.1) is 0 Å². The third-order valence-electron chi connectivity index (χ3n) is 5.45. The van der Waals surface area contributed by atoms with Gasteiger partial charge in [0.05, 0.1) is 30.8 Å². The maximum absolute atomic E-state index is 13.0. The molecule has 1 aliphatic heterocycles. The van der Waals surface area contributed by atoms with Gasteiger partial charge >= 0.3 is 18.1 Å². The van der Waals surface area contributed by atoms with E-state index in [0.29, 0.717) is 0 Å². The number of nitrogens with one attached hydrogen (secondary N) is 2. The van der Waals surface area contributed by atoms with Crippen molar-refractivity contribution in [1.29, 1.82) is 0 Å². The van der Waals surface area contributed by atoms with Crippen LogP contribution in [0, 0.1) is 5.92 Å². The van der Waals surface area contributed by atoms with Crippen LogP contribution in [-0.4, -0.2) is 91.1 Å². The number of Topliss-reactive ketones (excluding diaryl/α,β-unsaturated/α-hetero) is 1. The largest absolute Gasteiger partial charge is 0.471 e. The van der Waals surface area contributed by atoms with Gasteiger partial charge in [0.15, 0.2) is 9.84 Å². The molecule has 2 N–H and O–H groups in total. The summed E-state index contributed by atoms with van der Waals surface area (Å²) in [5.74, 6) is -5.47. The van der Waals surface area contributed by atoms with Crippen molar-refractivity contribution in [3.8, 4) is 0 Å². The number of halogens is 3. The molecule has 196 valence electrons. The van der Waals surface area contributed by atoms with Gasteiger partial charge in [-0.05, 0) is 25.2 Å². The lowest BCUT2D eigenvalue weighted by Crippen LogP contribution is -2.57. The molecule has 0 aromatic carbocycles. The summed E-state index contributed by atoms with van der Waals surface area (Å²) in [4.78, 5) is 42.6. The second kappa shape index (κ2) is 10.9. The number of rotatable bonds is 10. The van der Waals surface area contributed by atoms with Crippen molar-refractivity contribution in [2.24, 2.45) is 5.92 Å². The van der Waals surface area contributed by atoms with Crippen molar-refractivity contribution in [3.63, 3.8) is 0 Å². The summed E-state index contributed by atoms with van der Waals surface area (Å²) in [7, 11) is -3.74. The zero-order chi connectivity index (χ0) is 25.8. The molecule has 0 bridgehead atoms. The van der Waals surface area contributed by atoms with E-state index in [9.17, 15) is 36.0 Å². The molecule has 0 radical (unpaired) electrons. The molecular formula is C19H26F3N5O7S. The van der Waals surface area contributed by atoms with Gasteiger partial charge in [0.2, 0.25) is 17.5 Å². The molecule has 1 saturated heterocycles. The van der Waals surface area contributed by atoms with Crippen LogP contribution < -0.4 is 10.6 Å². The Hall–Kier alpha value is -2.75. The average molecular weight is 526 g/mol. The Labute approximate surface area is 198 Å². The van der Waals surface area contributed by atoms with Crippen LogP contribution >= 0.6 is 0 Å². The van der Waals surface area contributed by atoms with Crippen molar-refractivity contribution < 1.29 is 45.2 Å². The minimum Gasteiger partial charge on any atom is -0.378 e. The fraction of sp³-hybridized carbons (Fsp3) is 0.737. The van der Waals surface area contributed by atoms with E-state index in [1.54, 1.807) is 0 Å². The first-order chi connectivity index (χ1) is 16.4. The first-order valence-corrected chi connectivity index (χ1v) is 12.8. The van der Waals surface area contributed by atoms with Gasteiger partial charge in [-0.3, -0.25) is 9.59 Å². The Morgan fingerprint density at radius 1 is 1.14 bits per heavy atom. The molecule has 1 aromatic heterocycles. The van der Waals surface area contributed by atoms with E-state index in [4.69, 9.17) is 4.74 Å². The monoisotopic (exact) mass is 525 g/mol. The van der Waals surface area contributed by atoms with Crippen LogP contribution in [0.1, 0.15) is 42.7 Å². The molecule has 0 unspecified atom stereocenters. The summed E-state index contributed by atoms with van der Waals surface area (Å²) in [6, 6.07) is -3.59. The number of sulfone groups is 1. The smallest absolute Gasteiger partial charge is 0.378 e. The quantitative estimate of drug-likeness (QED) is 0.412. The molecule has 2 atom stereocenters. The van der Waals surface area contributed by atoms with Crippen LogP contribution in [0.5, 0.6) is 0 Å². The molecule has 35 heavy (non-hydrogen) atoms. The Balaban J connectivity index is 1.73. The molecule has 3 rings (SSSR count). The van der Waals surface area contributed by atoms with E-state index in [-0.39, 0.29) is 44.4 Å². The topological polar surface area (TPSA) is 161 Å². The number of morpholine rings is 1. The van der Waals surface area contributed by atoms with E-state index in [0.717, 1.165) is 12.8 Å². The van der Waals surface area contributed by atoms with Crippen molar-refractivity contribution in [3.05, 3.63) is 11.7 Å². The predicted octanol–water partition coefficient (Wildman–Crippen LogP) is 0.401. The second-order valence-corrected chi connectivity index (χ2v) is 10.5. The maximum Gasteiger partial charge on any atom is 0.471 e. The third kappa shape index (κ3) is 7.62. The molecule has 12 nitrogen and oxygen atoms in total. The number of ketones is 1. The van der Waals surface area contributed by atoms with Gasteiger partial charge < -0.3 is 24.8 Å². The fourth-order valence-corrected chi connectivity index (χ4v) is 5.31. The van der Waals surface area contributed by atoms with Crippen LogP contribution in [0.25, 0.3) is 0 Å². The molecule has 16 heteroatoms. The molecular weight excluding hydrogens is 499 g/mol. The van der Waals surface area contributed by atoms with E-state index in [1.807, 2.05) is 0 Å². The Bertz CT molecular complexity index is 1040. The molecule has 1 aliphatic carbocycles. The molecule has 2 heterocycles. The summed E-state index contributed by atoms with van der Waals surface area (Å²) in [6.45, 7) is 2.51. The lowest BCUT2D eigenvalue weighted by Gasteiger charge is -2.29. The number of aromatic nitrogens is 2. The number of hydrogen-bond acceptors (Lipinski definition) is 9. The van der Waals surface area contributed by atoms with Gasteiger partial charge in [0, 0.05) is 13.1 Å². The van der Waals surface area contributed by atoms with Gasteiger partial charge in [-0.25, -0.2) is 13.2 Å². The van der Waals surface area contributed by atoms with E-state index in [1.165, 1.54) is 11.8 Å². The highest BCUT2D eigenvalue weighted by molar-refractivity contribution is 7.91. The average Bonchev–Trinajstić information content (AvgIpc) is 3.44. The van der Waals surface area contributed by atoms with E-state index in [2.05, 4.69) is 25.3 Å². The van der Waals surface area contributed by atoms with Crippen molar-refractivity contribution >= 4 is 27.6 Å². The van der Waals surface area contributed by atoms with Crippen LogP contribution in [0.15, 0.2) is 4.52 Å². The summed E-state index contributed by atoms with van der Waals surface area (Å²) in [6.07, 6.45) is -3.51. The highest BCUT2D eigenvalue weighted by Crippen LogP contribution is 2.30. The molecule has 2 aliphatic rings. The lowest BCUT2D eigenvalue weighted by molar-refractivity contribution is -0.159. The Morgan fingerprint density at radius 3 is 2.34 bits per heavy atom. The summed E-state index contributed by atoms with van der Waals surface area (Å²) in [5.41, 5.74) is 0. The van der Waals surface area contributed by atoms with Crippen LogP contribution in [0.4, 0.5) is 18.0 Å². The number of carbonyl (C=O) groups is 3. The molecule has 0 spiro atoms. The summed E-state index contributed by atoms with van der Waals surface area (Å²) >= 11 is 0. The van der Waals surface area contributed by atoms with Crippen molar-refractivity contribution in [1.82, 2.24) is 25.7 Å². The molecule has 1 saturated carbocycles. The number of hydrogen-bond donors (Lipinski definition) is 2. The van der Waals surface area contributed by atoms with Crippen LogP contribution in [0.3, 0.4) is 0 Å². The van der Waals surface area contributed by atoms with Crippen molar-refractivity contribution in [2.75, 3.05) is 37.8 Å². The zero-order valence-electron chi connectivity index (χ0n) is 18.8. The number of ether oxygens (including phenoxy) is 1. The number of amides is 3. The molecule has 3 amide bonds. The lowest BCUT2D eigenvalue weighted by atomic mass is 10.1. The SMILES string of the molecule is CC[C@H](NC(=O)[C@H](CS(=O)(=O)CC1CC1)NC(=O)N1CCOCC1)C(=O)c1noc(C(F)(F)F)n1. The molecule has 1 aromatic rings. The summed E-state index contributed by atoms with van der Waals surface area (Å²) in [5, 5.41) is 7.72. The van der Waals surface area contributed by atoms with Gasteiger partial charge in [-0.2, -0.15) is 18.2 Å². The minimum atomic E-state index is -4.96. The van der Waals surface area contributed by atoms with E-state index < -0.39 is 63.3 Å². The van der Waals surface area contributed by atoms with Gasteiger partial charge in [0.25, 0.3) is 0 Å². The number of urea groups is 1. The molecule has 2 fully saturated rings. The second-order valence-electron chi connectivity index (χ2n) is 8.38. The number of carbonyl (C=O) groups excluding carboxylic acids is 3. The maximum atomic E-state index is 13.0. The minimum absolute atomic E-state index is 0.00434. The highest BCUT2D eigenvalue weighted by atomic mass is 32.2. The first-order valence-electron chi connectivity index (χ1n) is 11.0. The standard InChI is InChI=1S/C19H26F3N5O7S/c1-2-12(14(28)15-25-17(34-26-15)19(20,21)22)23-16(29)13(10-35(31,32)9-11-3-4-11)24-18(30)27-5-7-33-8-6-27/h11-13H,2-10H2,1H3,(H,23,29)(H,24,30)/t12-,13-/m0/s1. The fourth-order valence-electron chi connectivity index (χ4n) is 3.38. The number of nitrogens with zero attached hydrogens (tertiary/aromatic N) is 3. The first kappa shape index (κ1) is 26.8. The van der Waals surface area contributed by atoms with Crippen LogP contribution in [-0.2, 0) is 25.5 Å². The van der Waals surface area contributed by atoms with Gasteiger partial charge in [0.1, 0.15) is 6.04 Å².